The maximum Gasteiger partial charge on any atom is 0.243 e. The topological polar surface area (TPSA) is 41.8 Å². The van der Waals surface area contributed by atoms with Gasteiger partial charge in [-0.25, -0.2) is 8.42 Å². The molecule has 1 N–H and O–H groups in total. The van der Waals surface area contributed by atoms with E-state index in [1.54, 1.807) is 16.4 Å². The Balaban J connectivity index is 1.37. The average molecular weight is 410 g/mol. The summed E-state index contributed by atoms with van der Waals surface area (Å²) in [6, 6.07) is 24.4. The van der Waals surface area contributed by atoms with Gasteiger partial charge in [-0.3, -0.25) is 0 Å². The highest BCUT2D eigenvalue weighted by Crippen LogP contribution is 2.22. The molecule has 0 aromatic heterocycles. The number of fused-ring (bicyclic) bond motifs is 1. The molecule has 1 saturated heterocycles. The highest BCUT2D eigenvalue weighted by atomic mass is 32.2. The van der Waals surface area contributed by atoms with E-state index >= 15 is 0 Å². The number of hydrogen-bond donors (Lipinski definition) is 1. The molecule has 1 aliphatic rings. The standard InChI is InChI=1S/C24H28N2O2S/c1-20(11-12-21-7-3-2-4-8-21)25-15-17-26(18-16-25)29(27,28)24-14-13-22-9-5-6-10-23(22)19-24/h2-10,13-14,19-20H,11-12,15-18H2,1H3/p+1/t20-/m0/s1. The molecule has 3 aromatic carbocycles. The smallest absolute Gasteiger partial charge is 0.243 e. The molecule has 1 fully saturated rings. The number of piperazine rings is 1. The fraction of sp³-hybridized carbons (Fsp3) is 0.333. The van der Waals surface area contributed by atoms with Crippen LogP contribution in [-0.2, 0) is 16.4 Å². The minimum absolute atomic E-state index is 0.400. The molecule has 3 aromatic rings. The zero-order valence-electron chi connectivity index (χ0n) is 16.9. The molecule has 0 unspecified atom stereocenters. The lowest BCUT2D eigenvalue weighted by atomic mass is 10.0. The van der Waals surface area contributed by atoms with Crippen molar-refractivity contribution in [1.82, 2.24) is 4.31 Å². The third-order valence-electron chi connectivity index (χ3n) is 6.13. The lowest BCUT2D eigenvalue weighted by Gasteiger charge is -2.35. The van der Waals surface area contributed by atoms with Crippen molar-refractivity contribution in [2.45, 2.75) is 30.7 Å². The molecule has 4 rings (SSSR count). The van der Waals surface area contributed by atoms with Gasteiger partial charge in [-0.05, 0) is 41.8 Å². The van der Waals surface area contributed by atoms with Gasteiger partial charge in [-0.2, -0.15) is 4.31 Å². The first kappa shape index (κ1) is 20.1. The van der Waals surface area contributed by atoms with E-state index in [4.69, 9.17) is 0 Å². The Bertz CT molecular complexity index is 1060. The predicted octanol–water partition coefficient (Wildman–Crippen LogP) is 2.75. The van der Waals surface area contributed by atoms with Crippen LogP contribution in [0.4, 0.5) is 0 Å². The Hall–Kier alpha value is -2.21. The Morgan fingerprint density at radius 1 is 0.897 bits per heavy atom. The van der Waals surface area contributed by atoms with Crippen LogP contribution in [0.1, 0.15) is 18.9 Å². The highest BCUT2D eigenvalue weighted by Gasteiger charge is 2.32. The van der Waals surface area contributed by atoms with Gasteiger partial charge < -0.3 is 4.90 Å². The monoisotopic (exact) mass is 409 g/mol. The number of aryl methyl sites for hydroxylation is 1. The van der Waals surface area contributed by atoms with E-state index < -0.39 is 10.0 Å². The molecule has 5 heteroatoms. The molecule has 1 heterocycles. The summed E-state index contributed by atoms with van der Waals surface area (Å²) in [5.74, 6) is 0. The van der Waals surface area contributed by atoms with Crippen LogP contribution in [0, 0.1) is 0 Å². The van der Waals surface area contributed by atoms with Crippen LogP contribution in [0.15, 0.2) is 77.7 Å². The molecule has 152 valence electrons. The minimum Gasteiger partial charge on any atom is -0.331 e. The summed E-state index contributed by atoms with van der Waals surface area (Å²) in [6.45, 7) is 5.18. The van der Waals surface area contributed by atoms with E-state index in [1.807, 2.05) is 36.4 Å². The fourth-order valence-corrected chi connectivity index (χ4v) is 5.69. The van der Waals surface area contributed by atoms with Gasteiger partial charge in [0.15, 0.2) is 0 Å². The molecular formula is C24H29N2O2S+. The Labute approximate surface area is 173 Å². The molecule has 0 aliphatic carbocycles. The van der Waals surface area contributed by atoms with Crippen LogP contribution in [0.3, 0.4) is 0 Å². The van der Waals surface area contributed by atoms with Crippen LogP contribution in [0.25, 0.3) is 10.8 Å². The van der Waals surface area contributed by atoms with Crippen LogP contribution in [0.5, 0.6) is 0 Å². The summed E-state index contributed by atoms with van der Waals surface area (Å²) in [4.78, 5) is 1.91. The first-order valence-corrected chi connectivity index (χ1v) is 11.9. The SMILES string of the molecule is C[C@@H](CCc1ccccc1)[NH+]1CCN(S(=O)(=O)c2ccc3ccccc3c2)CC1. The number of benzene rings is 3. The van der Waals surface area contributed by atoms with Crippen molar-refractivity contribution in [3.05, 3.63) is 78.4 Å². The van der Waals surface area contributed by atoms with Gasteiger partial charge in [0.2, 0.25) is 10.0 Å². The second kappa shape index (κ2) is 8.66. The van der Waals surface area contributed by atoms with Crippen molar-refractivity contribution in [3.63, 3.8) is 0 Å². The van der Waals surface area contributed by atoms with Crippen LogP contribution in [0.2, 0.25) is 0 Å². The van der Waals surface area contributed by atoms with Gasteiger partial charge in [0, 0.05) is 6.42 Å². The molecule has 0 spiro atoms. The predicted molar refractivity (Wildman–Crippen MR) is 118 cm³/mol. The molecule has 0 radical (unpaired) electrons. The second-order valence-electron chi connectivity index (χ2n) is 8.00. The van der Waals surface area contributed by atoms with Crippen LogP contribution >= 0.6 is 0 Å². The van der Waals surface area contributed by atoms with E-state index in [-0.39, 0.29) is 0 Å². The van der Waals surface area contributed by atoms with Crippen molar-refractivity contribution in [2.75, 3.05) is 26.2 Å². The normalized spacial score (nSPS) is 17.4. The van der Waals surface area contributed by atoms with Crippen molar-refractivity contribution >= 4 is 20.8 Å². The highest BCUT2D eigenvalue weighted by molar-refractivity contribution is 7.89. The number of nitrogens with zero attached hydrogens (tertiary/aromatic N) is 1. The average Bonchev–Trinajstić information content (AvgIpc) is 2.78. The van der Waals surface area contributed by atoms with E-state index in [2.05, 4.69) is 31.2 Å². The number of nitrogens with one attached hydrogen (secondary N) is 1. The lowest BCUT2D eigenvalue weighted by Crippen LogP contribution is -3.18. The Morgan fingerprint density at radius 2 is 1.55 bits per heavy atom. The second-order valence-corrected chi connectivity index (χ2v) is 9.93. The van der Waals surface area contributed by atoms with Crippen molar-refractivity contribution in [1.29, 1.82) is 0 Å². The molecule has 4 nitrogen and oxygen atoms in total. The lowest BCUT2D eigenvalue weighted by molar-refractivity contribution is -0.927. The number of rotatable bonds is 6. The molecule has 0 bridgehead atoms. The summed E-state index contributed by atoms with van der Waals surface area (Å²) < 4.78 is 27.9. The van der Waals surface area contributed by atoms with Gasteiger partial charge in [-0.15, -0.1) is 0 Å². The van der Waals surface area contributed by atoms with Crippen LogP contribution in [-0.4, -0.2) is 44.9 Å². The van der Waals surface area contributed by atoms with E-state index in [0.717, 1.165) is 36.7 Å². The van der Waals surface area contributed by atoms with Crippen molar-refractivity contribution < 1.29 is 13.3 Å². The first-order valence-electron chi connectivity index (χ1n) is 10.4. The molecule has 29 heavy (non-hydrogen) atoms. The summed E-state index contributed by atoms with van der Waals surface area (Å²) in [7, 11) is -3.44. The largest absolute Gasteiger partial charge is 0.331 e. The molecular weight excluding hydrogens is 380 g/mol. The summed E-state index contributed by atoms with van der Waals surface area (Å²) in [6.07, 6.45) is 2.20. The fourth-order valence-electron chi connectivity index (χ4n) is 4.22. The van der Waals surface area contributed by atoms with Gasteiger partial charge in [0.1, 0.15) is 0 Å². The number of quaternary nitrogens is 1. The van der Waals surface area contributed by atoms with E-state index in [1.165, 1.54) is 10.5 Å². The number of hydrogen-bond acceptors (Lipinski definition) is 2. The quantitative estimate of drug-likeness (QED) is 0.680. The third-order valence-corrected chi connectivity index (χ3v) is 8.02. The Kier molecular flexibility index (Phi) is 5.99. The van der Waals surface area contributed by atoms with Gasteiger partial charge in [0.25, 0.3) is 0 Å². The Morgan fingerprint density at radius 3 is 2.28 bits per heavy atom. The number of sulfonamides is 1. The summed E-state index contributed by atoms with van der Waals surface area (Å²) >= 11 is 0. The molecule has 1 atom stereocenters. The zero-order valence-corrected chi connectivity index (χ0v) is 17.7. The third kappa shape index (κ3) is 4.53. The van der Waals surface area contributed by atoms with Gasteiger partial charge in [0.05, 0.1) is 37.1 Å². The molecule has 0 saturated carbocycles. The van der Waals surface area contributed by atoms with Crippen molar-refractivity contribution in [2.24, 2.45) is 0 Å². The maximum atomic E-state index is 13.1. The van der Waals surface area contributed by atoms with Crippen molar-refractivity contribution in [3.8, 4) is 0 Å². The maximum absolute atomic E-state index is 13.1. The van der Waals surface area contributed by atoms with E-state index in [0.29, 0.717) is 24.0 Å². The summed E-state index contributed by atoms with van der Waals surface area (Å²) in [5.41, 5.74) is 1.37. The van der Waals surface area contributed by atoms with Gasteiger partial charge >= 0.3 is 0 Å². The molecule has 0 amide bonds. The molecule has 1 aliphatic heterocycles. The minimum atomic E-state index is -3.44. The van der Waals surface area contributed by atoms with E-state index in [9.17, 15) is 8.42 Å². The first-order chi connectivity index (χ1) is 14.0. The van der Waals surface area contributed by atoms with Gasteiger partial charge in [-0.1, -0.05) is 60.7 Å². The summed E-state index contributed by atoms with van der Waals surface area (Å²) in [5, 5.41) is 2.03. The zero-order chi connectivity index (χ0) is 20.3. The van der Waals surface area contributed by atoms with Crippen LogP contribution < -0.4 is 4.90 Å².